The average Bonchev–Trinajstić information content (AvgIpc) is 2.38. The van der Waals surface area contributed by atoms with Crippen molar-refractivity contribution in [1.29, 1.82) is 0 Å². The summed E-state index contributed by atoms with van der Waals surface area (Å²) < 4.78 is 41.0. The van der Waals surface area contributed by atoms with Crippen LogP contribution in [0, 0.1) is 17.5 Å². The lowest BCUT2D eigenvalue weighted by atomic mass is 9.86. The van der Waals surface area contributed by atoms with E-state index in [0.29, 0.717) is 0 Å². The normalized spacial score (nSPS) is 14.0. The summed E-state index contributed by atoms with van der Waals surface area (Å²) in [6, 6.07) is 5.84. The van der Waals surface area contributed by atoms with E-state index in [1.807, 2.05) is 0 Å². The van der Waals surface area contributed by atoms with E-state index in [-0.39, 0.29) is 27.6 Å². The lowest BCUT2D eigenvalue weighted by Crippen LogP contribution is -2.36. The van der Waals surface area contributed by atoms with Gasteiger partial charge in [-0.15, -0.1) is 0 Å². The first-order chi connectivity index (χ1) is 9.72. The van der Waals surface area contributed by atoms with Crippen molar-refractivity contribution >= 4 is 23.2 Å². The zero-order valence-corrected chi connectivity index (χ0v) is 12.6. The quantitative estimate of drug-likeness (QED) is 0.800. The fourth-order valence-electron chi connectivity index (χ4n) is 2.12. The molecule has 0 amide bonds. The second kappa shape index (κ2) is 5.87. The lowest BCUT2D eigenvalue weighted by molar-refractivity contribution is 0.453. The monoisotopic (exact) mass is 333 g/mol. The third kappa shape index (κ3) is 3.34. The minimum atomic E-state index is -1.26. The Balaban J connectivity index is 2.45. The van der Waals surface area contributed by atoms with Crippen molar-refractivity contribution in [2.75, 3.05) is 0 Å². The molecule has 2 aromatic rings. The Kier molecular flexibility index (Phi) is 4.51. The first kappa shape index (κ1) is 16.1. The van der Waals surface area contributed by atoms with Gasteiger partial charge in [0.15, 0.2) is 0 Å². The van der Waals surface area contributed by atoms with Crippen molar-refractivity contribution in [3.63, 3.8) is 0 Å². The molecule has 0 aliphatic heterocycles. The van der Waals surface area contributed by atoms with E-state index >= 15 is 0 Å². The molecule has 0 aliphatic carbocycles. The topological polar surface area (TPSA) is 26.0 Å². The van der Waals surface area contributed by atoms with Gasteiger partial charge in [0.2, 0.25) is 0 Å². The molecule has 0 fully saturated rings. The molecule has 0 radical (unpaired) electrons. The first-order valence-electron chi connectivity index (χ1n) is 6.09. The smallest absolute Gasteiger partial charge is 0.142 e. The molecule has 2 rings (SSSR count). The van der Waals surface area contributed by atoms with Gasteiger partial charge in [-0.25, -0.2) is 13.2 Å². The van der Waals surface area contributed by atoms with Crippen molar-refractivity contribution in [2.24, 2.45) is 5.73 Å². The summed E-state index contributed by atoms with van der Waals surface area (Å²) in [5, 5.41) is -0.000213. The van der Waals surface area contributed by atoms with Gasteiger partial charge in [0.1, 0.15) is 17.5 Å². The van der Waals surface area contributed by atoms with Crippen LogP contribution < -0.4 is 5.73 Å². The Labute approximate surface area is 130 Å². The Morgan fingerprint density at radius 1 is 1.00 bits per heavy atom. The molecule has 0 bridgehead atoms. The molecule has 0 spiro atoms. The van der Waals surface area contributed by atoms with Crippen LogP contribution in [0.15, 0.2) is 30.3 Å². The first-order valence-corrected chi connectivity index (χ1v) is 6.85. The predicted octanol–water partition coefficient (Wildman–Crippen LogP) is 4.83. The molecule has 1 unspecified atom stereocenters. The summed E-state index contributed by atoms with van der Waals surface area (Å²) in [4.78, 5) is 0. The fourth-order valence-corrected chi connectivity index (χ4v) is 2.72. The van der Waals surface area contributed by atoms with Gasteiger partial charge in [-0.2, -0.15) is 0 Å². The molecule has 2 aromatic carbocycles. The standard InChI is InChI=1S/C15H12Cl2F3N/c1-15(21,7-8-12(18)3-2-4-13(8)19)9-5-14(20)11(17)6-10(9)16/h2-6H,7,21H2,1H3. The van der Waals surface area contributed by atoms with Gasteiger partial charge in [0.25, 0.3) is 0 Å². The highest BCUT2D eigenvalue weighted by Crippen LogP contribution is 2.33. The lowest BCUT2D eigenvalue weighted by Gasteiger charge is -2.27. The SMILES string of the molecule is CC(N)(Cc1c(F)cccc1F)c1cc(F)c(Cl)cc1Cl. The summed E-state index contributed by atoms with van der Waals surface area (Å²) in [6.07, 6.45) is -0.174. The van der Waals surface area contributed by atoms with Crippen LogP contribution >= 0.6 is 23.2 Å². The van der Waals surface area contributed by atoms with E-state index in [9.17, 15) is 13.2 Å². The zero-order chi connectivity index (χ0) is 15.8. The second-order valence-electron chi connectivity index (χ2n) is 5.04. The third-order valence-corrected chi connectivity index (χ3v) is 3.83. The van der Waals surface area contributed by atoms with Crippen LogP contribution in [-0.2, 0) is 12.0 Å². The predicted molar refractivity (Wildman–Crippen MR) is 78.0 cm³/mol. The van der Waals surface area contributed by atoms with Gasteiger partial charge in [0, 0.05) is 22.5 Å². The van der Waals surface area contributed by atoms with Crippen LogP contribution in [-0.4, -0.2) is 0 Å². The van der Waals surface area contributed by atoms with Crippen LogP contribution in [0.1, 0.15) is 18.1 Å². The van der Waals surface area contributed by atoms with E-state index in [0.717, 1.165) is 18.2 Å². The number of nitrogens with two attached hydrogens (primary N) is 1. The van der Waals surface area contributed by atoms with Crippen molar-refractivity contribution < 1.29 is 13.2 Å². The molecule has 2 N–H and O–H groups in total. The van der Waals surface area contributed by atoms with Gasteiger partial charge >= 0.3 is 0 Å². The molecule has 0 saturated heterocycles. The molecule has 6 heteroatoms. The van der Waals surface area contributed by atoms with E-state index in [2.05, 4.69) is 0 Å². The molecule has 0 saturated carbocycles. The molecule has 1 atom stereocenters. The highest BCUT2D eigenvalue weighted by atomic mass is 35.5. The van der Waals surface area contributed by atoms with Gasteiger partial charge in [-0.05, 0) is 36.8 Å². The van der Waals surface area contributed by atoms with Crippen molar-refractivity contribution in [1.82, 2.24) is 0 Å². The van der Waals surface area contributed by atoms with Crippen LogP contribution in [0.5, 0.6) is 0 Å². The van der Waals surface area contributed by atoms with Gasteiger partial charge in [-0.3, -0.25) is 0 Å². The van der Waals surface area contributed by atoms with Crippen molar-refractivity contribution in [2.45, 2.75) is 18.9 Å². The maximum absolute atomic E-state index is 13.7. The maximum Gasteiger partial charge on any atom is 0.142 e. The molecule has 0 aromatic heterocycles. The number of halogens is 5. The summed E-state index contributed by atoms with van der Waals surface area (Å²) >= 11 is 11.6. The summed E-state index contributed by atoms with van der Waals surface area (Å²) in [6.45, 7) is 1.52. The fraction of sp³-hybridized carbons (Fsp3) is 0.200. The van der Waals surface area contributed by atoms with Crippen LogP contribution in [0.4, 0.5) is 13.2 Å². The van der Waals surface area contributed by atoms with Crippen LogP contribution in [0.3, 0.4) is 0 Å². The van der Waals surface area contributed by atoms with Crippen LogP contribution in [0.25, 0.3) is 0 Å². The molecule has 112 valence electrons. The summed E-state index contributed by atoms with van der Waals surface area (Å²) in [7, 11) is 0. The van der Waals surface area contributed by atoms with E-state index in [1.165, 1.54) is 19.1 Å². The van der Waals surface area contributed by atoms with Crippen molar-refractivity contribution in [3.05, 3.63) is 69.0 Å². The largest absolute Gasteiger partial charge is 0.321 e. The molecule has 1 nitrogen and oxygen atoms in total. The minimum Gasteiger partial charge on any atom is -0.321 e. The number of hydrogen-bond acceptors (Lipinski definition) is 1. The Hall–Kier alpha value is -1.23. The van der Waals surface area contributed by atoms with Crippen LogP contribution in [0.2, 0.25) is 10.0 Å². The van der Waals surface area contributed by atoms with Gasteiger partial charge in [0.05, 0.1) is 5.02 Å². The summed E-state index contributed by atoms with van der Waals surface area (Å²) in [5.74, 6) is -2.11. The molecular weight excluding hydrogens is 322 g/mol. The number of rotatable bonds is 3. The minimum absolute atomic E-state index is 0.142. The molecular formula is C15H12Cl2F3N. The van der Waals surface area contributed by atoms with E-state index in [1.54, 1.807) is 0 Å². The van der Waals surface area contributed by atoms with E-state index in [4.69, 9.17) is 28.9 Å². The van der Waals surface area contributed by atoms with E-state index < -0.39 is 23.0 Å². The Bertz CT molecular complexity index is 667. The second-order valence-corrected chi connectivity index (χ2v) is 5.86. The van der Waals surface area contributed by atoms with Crippen molar-refractivity contribution in [3.8, 4) is 0 Å². The van der Waals surface area contributed by atoms with Gasteiger partial charge < -0.3 is 5.73 Å². The maximum atomic E-state index is 13.7. The highest BCUT2D eigenvalue weighted by molar-refractivity contribution is 6.35. The third-order valence-electron chi connectivity index (χ3n) is 3.23. The highest BCUT2D eigenvalue weighted by Gasteiger charge is 2.28. The molecule has 0 aliphatic rings. The molecule has 0 heterocycles. The summed E-state index contributed by atoms with van der Waals surface area (Å²) in [5.41, 5.74) is 4.90. The number of hydrogen-bond donors (Lipinski definition) is 1. The van der Waals surface area contributed by atoms with Gasteiger partial charge in [-0.1, -0.05) is 29.3 Å². The average molecular weight is 334 g/mol. The Morgan fingerprint density at radius 3 is 2.14 bits per heavy atom. The molecule has 21 heavy (non-hydrogen) atoms. The Morgan fingerprint density at radius 2 is 1.57 bits per heavy atom. The number of benzene rings is 2. The zero-order valence-electron chi connectivity index (χ0n) is 11.1.